The van der Waals surface area contributed by atoms with E-state index < -0.39 is 0 Å². The predicted octanol–water partition coefficient (Wildman–Crippen LogP) is 9.02. The summed E-state index contributed by atoms with van der Waals surface area (Å²) in [6.45, 7) is 27.2. The van der Waals surface area contributed by atoms with E-state index in [1.165, 1.54) is 40.5 Å². The van der Waals surface area contributed by atoms with Gasteiger partial charge in [-0.2, -0.15) is 0 Å². The van der Waals surface area contributed by atoms with E-state index in [9.17, 15) is 45.0 Å². The molecule has 6 aromatic rings. The first-order chi connectivity index (χ1) is 41.6. The van der Waals surface area contributed by atoms with Crippen LogP contribution in [0, 0.1) is 0 Å². The number of amides is 3. The first kappa shape index (κ1) is 63.8. The summed E-state index contributed by atoms with van der Waals surface area (Å²) in [6, 6.07) is 27.8. The molecule has 18 heteroatoms. The van der Waals surface area contributed by atoms with Crippen LogP contribution in [0.15, 0.2) is 91.0 Å². The summed E-state index contributed by atoms with van der Waals surface area (Å²) < 4.78 is 5.63. The number of likely N-dealkylation sites (N-methyl/N-ethyl adjacent to an activating group) is 2. The summed E-state index contributed by atoms with van der Waals surface area (Å²) in [6.07, 6.45) is 0. The van der Waals surface area contributed by atoms with E-state index in [1.807, 2.05) is 60.7 Å². The van der Waals surface area contributed by atoms with Crippen LogP contribution in [0.2, 0.25) is 0 Å². The molecule has 0 saturated carbocycles. The molecule has 464 valence electrons. The third kappa shape index (κ3) is 15.5. The maximum atomic E-state index is 13.1. The molecule has 87 heavy (non-hydrogen) atoms. The minimum absolute atomic E-state index is 0.0108. The lowest BCUT2D eigenvalue weighted by atomic mass is 9.98. The minimum atomic E-state index is -0.234. The Labute approximate surface area is 512 Å². The molecular formula is C69H88N8O10. The van der Waals surface area contributed by atoms with Gasteiger partial charge in [0.25, 0.3) is 17.7 Å². The number of ether oxygens (including phenoxy) is 1. The van der Waals surface area contributed by atoms with Crippen LogP contribution in [0.4, 0.5) is 0 Å². The number of nitrogens with one attached hydrogen (secondary N) is 2. The van der Waals surface area contributed by atoms with Crippen LogP contribution in [0.3, 0.4) is 0 Å². The number of fused-ring (bicyclic) bond motifs is 3. The fourth-order valence-electron chi connectivity index (χ4n) is 12.0. The van der Waals surface area contributed by atoms with E-state index >= 15 is 0 Å². The molecule has 2 fully saturated rings. The third-order valence-electron chi connectivity index (χ3n) is 17.2. The zero-order chi connectivity index (χ0) is 62.2. The smallest absolute Gasteiger partial charge is 0.258 e. The van der Waals surface area contributed by atoms with Crippen molar-refractivity contribution >= 4 is 17.7 Å². The second-order valence-electron chi connectivity index (χ2n) is 24.8. The standard InChI is InChI=1S/C24H31N3O3.C23H29N3O3.C22H28N2O4/c1-16(2)20-11-21(23(29)12-22(20)28)24(30)27-14-18-5-4-17(10-19(18)15-27)13-26-8-6-25(3)7-9-26;1-15(2)19-10-20(22(28)11-21(19)27)23(29)26-13-17-4-3-16(9-18(17)14-26)12-25-7-5-24-6-8-25;1-14(2)18-9-19(21(26)10-20(18)25)22(27)24-11-16-5-4-15(8-17(16)12-24)13-28-7-6-23-3/h4-5,10-12,16,28-29H,6-9,13-15H2,1-3H3;3-4,9-11,15,24,27-28H,5-8,12-14H2,1-2H3;4-5,8-10,14,23,25-26H,6-7,11-13H2,1-3H3. The molecule has 0 unspecified atom stereocenters. The lowest BCUT2D eigenvalue weighted by molar-refractivity contribution is 0.0740. The van der Waals surface area contributed by atoms with Crippen LogP contribution in [0.25, 0.3) is 0 Å². The Balaban J connectivity index is 0.000000156. The summed E-state index contributed by atoms with van der Waals surface area (Å²) in [5, 5.41) is 67.3. The number of rotatable bonds is 15. The molecule has 2 saturated heterocycles. The van der Waals surface area contributed by atoms with E-state index in [0.29, 0.717) is 69.2 Å². The van der Waals surface area contributed by atoms with Crippen molar-refractivity contribution in [1.82, 2.24) is 40.0 Å². The molecule has 0 aliphatic carbocycles. The van der Waals surface area contributed by atoms with Crippen molar-refractivity contribution in [3.63, 3.8) is 0 Å². The average molecular weight is 1190 g/mol. The van der Waals surface area contributed by atoms with Gasteiger partial charge >= 0.3 is 0 Å². The van der Waals surface area contributed by atoms with Gasteiger partial charge in [0.2, 0.25) is 0 Å². The molecular weight excluding hydrogens is 1100 g/mol. The lowest BCUT2D eigenvalue weighted by Crippen LogP contribution is -2.43. The van der Waals surface area contributed by atoms with Crippen LogP contribution in [-0.4, -0.2) is 157 Å². The van der Waals surface area contributed by atoms with Crippen LogP contribution < -0.4 is 10.6 Å². The van der Waals surface area contributed by atoms with Crippen molar-refractivity contribution in [1.29, 1.82) is 0 Å². The number of phenols is 6. The van der Waals surface area contributed by atoms with E-state index in [2.05, 4.69) is 74.8 Å². The Morgan fingerprint density at radius 1 is 0.460 bits per heavy atom. The van der Waals surface area contributed by atoms with Crippen molar-refractivity contribution in [3.8, 4) is 34.5 Å². The molecule has 0 spiro atoms. The van der Waals surface area contributed by atoms with Gasteiger partial charge in [-0.3, -0.25) is 24.2 Å². The normalized spacial score (nSPS) is 16.0. The van der Waals surface area contributed by atoms with Crippen LogP contribution in [-0.2, 0) is 63.7 Å². The van der Waals surface area contributed by atoms with Crippen LogP contribution in [0.1, 0.15) is 157 Å². The van der Waals surface area contributed by atoms with Crippen molar-refractivity contribution in [2.24, 2.45) is 0 Å². The predicted molar refractivity (Wildman–Crippen MR) is 336 cm³/mol. The van der Waals surface area contributed by atoms with Crippen molar-refractivity contribution in [2.75, 3.05) is 79.6 Å². The molecule has 0 bridgehead atoms. The van der Waals surface area contributed by atoms with Gasteiger partial charge in [-0.1, -0.05) is 96.1 Å². The molecule has 5 aliphatic rings. The van der Waals surface area contributed by atoms with Gasteiger partial charge < -0.3 is 65.6 Å². The number of piperazine rings is 2. The SMILES string of the molecule is CC(C)c1cc(C(=O)N2Cc3ccc(CN4CCN(C)CC4)cc3C2)c(O)cc1O.CC(C)c1cc(C(=O)N2Cc3ccc(CN4CCNCC4)cc3C2)c(O)cc1O.CNCCOCc1ccc2c(c1)CN(C(=O)c1cc(C(C)C)c(O)cc1O)C2. The first-order valence-corrected chi connectivity index (χ1v) is 30.6. The maximum Gasteiger partial charge on any atom is 0.258 e. The molecule has 0 radical (unpaired) electrons. The quantitative estimate of drug-likeness (QED) is 0.0449. The summed E-state index contributed by atoms with van der Waals surface area (Å²) in [5.41, 5.74) is 13.2. The van der Waals surface area contributed by atoms with Gasteiger partial charge in [-0.15, -0.1) is 0 Å². The topological polar surface area (TPSA) is 225 Å². The number of aromatic hydroxyl groups is 6. The molecule has 6 aromatic carbocycles. The average Bonchev–Trinajstić information content (AvgIpc) is 2.27. The van der Waals surface area contributed by atoms with E-state index in [0.717, 1.165) is 99.8 Å². The highest BCUT2D eigenvalue weighted by Gasteiger charge is 2.31. The first-order valence-electron chi connectivity index (χ1n) is 30.6. The highest BCUT2D eigenvalue weighted by molar-refractivity contribution is 5.99. The fraction of sp³-hybridized carbons (Fsp3) is 0.435. The summed E-state index contributed by atoms with van der Waals surface area (Å²) in [4.78, 5) is 51.7. The third-order valence-corrected chi connectivity index (χ3v) is 17.2. The van der Waals surface area contributed by atoms with E-state index in [-0.39, 0.29) is 86.7 Å². The molecule has 3 amide bonds. The molecule has 5 aliphatic heterocycles. The van der Waals surface area contributed by atoms with Crippen LogP contribution >= 0.6 is 0 Å². The Bertz CT molecular complexity index is 3440. The molecule has 11 rings (SSSR count). The number of phenolic OH excluding ortho intramolecular Hbond substituents is 6. The lowest BCUT2D eigenvalue weighted by Gasteiger charge is -2.32. The van der Waals surface area contributed by atoms with Crippen LogP contribution in [0.5, 0.6) is 34.5 Å². The zero-order valence-corrected chi connectivity index (χ0v) is 51.8. The molecule has 5 heterocycles. The highest BCUT2D eigenvalue weighted by atomic mass is 16.5. The van der Waals surface area contributed by atoms with Gasteiger partial charge in [-0.25, -0.2) is 0 Å². The van der Waals surface area contributed by atoms with Gasteiger partial charge in [-0.05, 0) is 117 Å². The number of carbonyl (C=O) groups excluding carboxylic acids is 3. The summed E-state index contributed by atoms with van der Waals surface area (Å²) >= 11 is 0. The number of nitrogens with zero attached hydrogens (tertiary/aromatic N) is 6. The second kappa shape index (κ2) is 28.4. The second-order valence-corrected chi connectivity index (χ2v) is 24.8. The van der Waals surface area contributed by atoms with Gasteiger partial charge in [0.15, 0.2) is 0 Å². The van der Waals surface area contributed by atoms with Gasteiger partial charge in [0, 0.05) is 129 Å². The number of hydrogen-bond acceptors (Lipinski definition) is 15. The monoisotopic (exact) mass is 1190 g/mol. The van der Waals surface area contributed by atoms with Gasteiger partial charge in [0.1, 0.15) is 34.5 Å². The molecule has 8 N–H and O–H groups in total. The molecule has 18 nitrogen and oxygen atoms in total. The number of hydrogen-bond donors (Lipinski definition) is 8. The Kier molecular flexibility index (Phi) is 20.8. The molecule has 0 atom stereocenters. The fourth-order valence-corrected chi connectivity index (χ4v) is 12.0. The van der Waals surface area contributed by atoms with E-state index in [4.69, 9.17) is 4.74 Å². The highest BCUT2D eigenvalue weighted by Crippen LogP contribution is 2.38. The Morgan fingerprint density at radius 3 is 1.17 bits per heavy atom. The Morgan fingerprint density at radius 2 is 0.805 bits per heavy atom. The minimum Gasteiger partial charge on any atom is -0.508 e. The molecule has 0 aromatic heterocycles. The number of benzene rings is 6. The van der Waals surface area contributed by atoms with Gasteiger partial charge in [0.05, 0.1) is 29.9 Å². The Hall–Kier alpha value is -7.71. The summed E-state index contributed by atoms with van der Waals surface area (Å²) in [5.74, 6) is -0.950. The number of carbonyl (C=O) groups is 3. The van der Waals surface area contributed by atoms with Crippen molar-refractivity contribution in [3.05, 3.63) is 174 Å². The van der Waals surface area contributed by atoms with E-state index in [1.54, 1.807) is 32.9 Å². The zero-order valence-electron chi connectivity index (χ0n) is 51.8. The largest absolute Gasteiger partial charge is 0.508 e. The summed E-state index contributed by atoms with van der Waals surface area (Å²) in [7, 11) is 4.05. The van der Waals surface area contributed by atoms with Crippen molar-refractivity contribution in [2.45, 2.75) is 118 Å². The van der Waals surface area contributed by atoms with Crippen molar-refractivity contribution < 1.29 is 49.8 Å². The maximum absolute atomic E-state index is 13.1.